The van der Waals surface area contributed by atoms with Gasteiger partial charge in [0.1, 0.15) is 5.01 Å². The molecule has 1 aliphatic heterocycles. The molecule has 0 N–H and O–H groups in total. The van der Waals surface area contributed by atoms with Crippen LogP contribution >= 0.6 is 34.3 Å². The van der Waals surface area contributed by atoms with Crippen molar-refractivity contribution < 1.29 is 4.79 Å². The monoisotopic (exact) mass is 414 g/mol. The quantitative estimate of drug-likeness (QED) is 0.441. The van der Waals surface area contributed by atoms with Crippen LogP contribution in [0.5, 0.6) is 0 Å². The summed E-state index contributed by atoms with van der Waals surface area (Å²) in [5.41, 5.74) is 1.73. The lowest BCUT2D eigenvalue weighted by Gasteiger charge is -2.21. The van der Waals surface area contributed by atoms with Crippen molar-refractivity contribution in [2.45, 2.75) is 18.9 Å². The van der Waals surface area contributed by atoms with E-state index in [-0.39, 0.29) is 11.9 Å². The molecule has 1 aliphatic rings. The van der Waals surface area contributed by atoms with Gasteiger partial charge in [-0.1, -0.05) is 23.7 Å². The van der Waals surface area contributed by atoms with Gasteiger partial charge in [-0.2, -0.15) is 0 Å². The third-order valence-corrected chi connectivity index (χ3v) is 6.94. The molecule has 136 valence electrons. The molecule has 4 heterocycles. The van der Waals surface area contributed by atoms with Crippen LogP contribution in [0.2, 0.25) is 5.15 Å². The number of hydrogen-bond acceptors (Lipinski definition) is 5. The lowest BCUT2D eigenvalue weighted by atomic mass is 10.2. The van der Waals surface area contributed by atoms with Crippen molar-refractivity contribution in [2.75, 3.05) is 6.54 Å². The van der Waals surface area contributed by atoms with Crippen LogP contribution in [0.1, 0.15) is 29.6 Å². The second kappa shape index (κ2) is 6.74. The van der Waals surface area contributed by atoms with Crippen LogP contribution in [-0.4, -0.2) is 31.7 Å². The Hall–Kier alpha value is -2.22. The first-order chi connectivity index (χ1) is 13.2. The molecule has 1 aromatic carbocycles. The standard InChI is InChI=1S/C19H15ClN4OS2/c20-17-13(24-10-11-26-19(24)22-17)7-8-16(25)23-9-3-5-14(23)18-21-12-4-1-2-6-15(12)27-18/h1-2,4,6-8,10-11,14H,3,5,9H2. The molecule has 5 rings (SSSR count). The maximum Gasteiger partial charge on any atom is 0.247 e. The fourth-order valence-electron chi connectivity index (χ4n) is 3.49. The third-order valence-electron chi connectivity index (χ3n) is 4.77. The molecule has 0 aliphatic carbocycles. The Balaban J connectivity index is 1.42. The highest BCUT2D eigenvalue weighted by Crippen LogP contribution is 2.36. The molecule has 5 nitrogen and oxygen atoms in total. The molecule has 27 heavy (non-hydrogen) atoms. The summed E-state index contributed by atoms with van der Waals surface area (Å²) < 4.78 is 3.06. The van der Waals surface area contributed by atoms with E-state index in [1.807, 2.05) is 39.1 Å². The molecule has 4 aromatic rings. The summed E-state index contributed by atoms with van der Waals surface area (Å²) in [4.78, 5) is 24.7. The normalized spacial score (nSPS) is 17.7. The van der Waals surface area contributed by atoms with Crippen molar-refractivity contribution in [1.82, 2.24) is 19.3 Å². The molecule has 0 saturated carbocycles. The number of nitrogens with zero attached hydrogens (tertiary/aromatic N) is 4. The Morgan fingerprint density at radius 3 is 3.07 bits per heavy atom. The average molecular weight is 415 g/mol. The van der Waals surface area contributed by atoms with Crippen molar-refractivity contribution in [2.24, 2.45) is 0 Å². The highest BCUT2D eigenvalue weighted by Gasteiger charge is 2.31. The van der Waals surface area contributed by atoms with Crippen molar-refractivity contribution in [3.05, 3.63) is 57.8 Å². The number of thiazole rings is 2. The van der Waals surface area contributed by atoms with Crippen LogP contribution in [0, 0.1) is 0 Å². The number of aromatic nitrogens is 3. The predicted molar refractivity (Wildman–Crippen MR) is 110 cm³/mol. The maximum atomic E-state index is 12.9. The van der Waals surface area contributed by atoms with Gasteiger partial charge in [0.25, 0.3) is 0 Å². The number of imidazole rings is 1. The second-order valence-electron chi connectivity index (χ2n) is 6.39. The molecule has 1 saturated heterocycles. The fourth-order valence-corrected chi connectivity index (χ4v) is 5.61. The number of rotatable bonds is 3. The van der Waals surface area contributed by atoms with Crippen LogP contribution in [0.3, 0.4) is 0 Å². The Morgan fingerprint density at radius 1 is 1.30 bits per heavy atom. The third kappa shape index (κ3) is 2.96. The Bertz CT molecular complexity index is 1140. The van der Waals surface area contributed by atoms with Crippen LogP contribution in [0.25, 0.3) is 21.3 Å². The number of likely N-dealkylation sites (tertiary alicyclic amines) is 1. The van der Waals surface area contributed by atoms with Gasteiger partial charge in [0.2, 0.25) is 5.91 Å². The molecular formula is C19H15ClN4OS2. The molecule has 8 heteroatoms. The first-order valence-corrected chi connectivity index (χ1v) is 10.7. The smallest absolute Gasteiger partial charge is 0.247 e. The van der Waals surface area contributed by atoms with E-state index in [2.05, 4.69) is 11.1 Å². The van der Waals surface area contributed by atoms with E-state index in [9.17, 15) is 4.79 Å². The molecular weight excluding hydrogens is 400 g/mol. The van der Waals surface area contributed by atoms with Gasteiger partial charge in [-0.25, -0.2) is 9.97 Å². The first kappa shape index (κ1) is 16.9. The lowest BCUT2D eigenvalue weighted by molar-refractivity contribution is -0.126. The zero-order valence-corrected chi connectivity index (χ0v) is 16.6. The Kier molecular flexibility index (Phi) is 4.22. The van der Waals surface area contributed by atoms with Gasteiger partial charge in [-0.3, -0.25) is 9.20 Å². The fraction of sp³-hybridized carbons (Fsp3) is 0.211. The first-order valence-electron chi connectivity index (χ1n) is 8.66. The van der Waals surface area contributed by atoms with Crippen molar-refractivity contribution >= 4 is 61.4 Å². The zero-order valence-electron chi connectivity index (χ0n) is 14.2. The summed E-state index contributed by atoms with van der Waals surface area (Å²) in [5, 5.41) is 3.37. The number of benzene rings is 1. The largest absolute Gasteiger partial charge is 0.330 e. The van der Waals surface area contributed by atoms with Gasteiger partial charge in [-0.15, -0.1) is 22.7 Å². The number of amides is 1. The molecule has 1 fully saturated rings. The second-order valence-corrected chi connectivity index (χ2v) is 8.68. The summed E-state index contributed by atoms with van der Waals surface area (Å²) in [6.07, 6.45) is 7.19. The topological polar surface area (TPSA) is 50.5 Å². The van der Waals surface area contributed by atoms with E-state index < -0.39 is 0 Å². The van der Waals surface area contributed by atoms with E-state index in [1.165, 1.54) is 11.3 Å². The number of carbonyl (C=O) groups excluding carboxylic acids is 1. The minimum atomic E-state index is -0.0157. The summed E-state index contributed by atoms with van der Waals surface area (Å²) in [7, 11) is 0. The molecule has 1 amide bonds. The summed E-state index contributed by atoms with van der Waals surface area (Å²) in [6.45, 7) is 0.748. The van der Waals surface area contributed by atoms with Crippen LogP contribution in [-0.2, 0) is 4.79 Å². The van der Waals surface area contributed by atoms with E-state index in [4.69, 9.17) is 16.6 Å². The number of fused-ring (bicyclic) bond motifs is 2. The molecule has 0 spiro atoms. The van der Waals surface area contributed by atoms with E-state index >= 15 is 0 Å². The van der Waals surface area contributed by atoms with E-state index in [1.54, 1.807) is 23.5 Å². The van der Waals surface area contributed by atoms with Crippen LogP contribution in [0.4, 0.5) is 0 Å². The summed E-state index contributed by atoms with van der Waals surface area (Å²) >= 11 is 9.40. The minimum absolute atomic E-state index is 0.0157. The van der Waals surface area contributed by atoms with Gasteiger partial charge in [0.15, 0.2) is 10.1 Å². The molecule has 1 atom stereocenters. The Morgan fingerprint density at radius 2 is 2.19 bits per heavy atom. The van der Waals surface area contributed by atoms with Crippen molar-refractivity contribution in [3.8, 4) is 0 Å². The lowest BCUT2D eigenvalue weighted by Crippen LogP contribution is -2.28. The van der Waals surface area contributed by atoms with Crippen molar-refractivity contribution in [1.29, 1.82) is 0 Å². The van der Waals surface area contributed by atoms with Gasteiger partial charge in [0, 0.05) is 24.2 Å². The highest BCUT2D eigenvalue weighted by atomic mass is 35.5. The predicted octanol–water partition coefficient (Wildman–Crippen LogP) is 5.04. The molecule has 1 unspecified atom stereocenters. The van der Waals surface area contributed by atoms with Gasteiger partial charge in [0.05, 0.1) is 22.0 Å². The van der Waals surface area contributed by atoms with E-state index in [0.717, 1.165) is 45.3 Å². The maximum absolute atomic E-state index is 12.9. The minimum Gasteiger partial charge on any atom is -0.330 e. The zero-order chi connectivity index (χ0) is 18.4. The van der Waals surface area contributed by atoms with Crippen LogP contribution < -0.4 is 0 Å². The van der Waals surface area contributed by atoms with Gasteiger partial charge >= 0.3 is 0 Å². The van der Waals surface area contributed by atoms with Gasteiger partial charge < -0.3 is 4.90 Å². The SMILES string of the molecule is O=C(C=Cc1c(Cl)nc2sccn12)N1CCCC1c1nc2ccccc2s1. The molecule has 3 aromatic heterocycles. The molecule has 0 radical (unpaired) electrons. The number of hydrogen-bond donors (Lipinski definition) is 0. The van der Waals surface area contributed by atoms with Crippen molar-refractivity contribution in [3.63, 3.8) is 0 Å². The highest BCUT2D eigenvalue weighted by molar-refractivity contribution is 7.18. The summed E-state index contributed by atoms with van der Waals surface area (Å²) in [5.74, 6) is -0.0157. The Labute approximate surface area is 168 Å². The van der Waals surface area contributed by atoms with E-state index in [0.29, 0.717) is 5.15 Å². The van der Waals surface area contributed by atoms with Gasteiger partial charge in [-0.05, 0) is 31.1 Å². The van der Waals surface area contributed by atoms with Crippen LogP contribution in [0.15, 0.2) is 41.9 Å². The molecule has 0 bridgehead atoms. The number of para-hydroxylation sites is 1. The number of carbonyl (C=O) groups is 1. The average Bonchev–Trinajstić information content (AvgIpc) is 3.42. The number of halogens is 1. The summed E-state index contributed by atoms with van der Waals surface area (Å²) in [6, 6.07) is 8.15.